The fourth-order valence-corrected chi connectivity index (χ4v) is 2.20. The van der Waals surface area contributed by atoms with Gasteiger partial charge < -0.3 is 14.6 Å². The minimum atomic E-state index is -0.527. The minimum absolute atomic E-state index is 0.527. The number of aliphatic hydroxyl groups excluding tert-OH is 1. The number of ether oxygens (including phenoxy) is 2. The Kier molecular flexibility index (Phi) is 5.23. The third-order valence-corrected chi connectivity index (χ3v) is 3.42. The normalized spacial score (nSPS) is 12.0. The molecular weight excluding hydrogens is 264 g/mol. The van der Waals surface area contributed by atoms with Gasteiger partial charge in [0, 0.05) is 12.0 Å². The maximum Gasteiger partial charge on any atom is 0.125 e. The Hall–Kier alpha value is -2.00. The highest BCUT2D eigenvalue weighted by Gasteiger charge is 2.09. The van der Waals surface area contributed by atoms with Gasteiger partial charge >= 0.3 is 0 Å². The smallest absolute Gasteiger partial charge is 0.125 e. The van der Waals surface area contributed by atoms with Crippen molar-refractivity contribution in [2.24, 2.45) is 0 Å². The average Bonchev–Trinajstić information content (AvgIpc) is 2.49. The third kappa shape index (κ3) is 4.23. The predicted octanol–water partition coefficient (Wildman–Crippen LogP) is 3.68. The molecular formula is C18H22O3. The van der Waals surface area contributed by atoms with Crippen molar-refractivity contribution < 1.29 is 14.6 Å². The largest absolute Gasteiger partial charge is 0.497 e. The topological polar surface area (TPSA) is 38.7 Å². The SMILES string of the molecule is COc1ccc(CCOc2ccc(C)cc2C(C)O)cc1. The Morgan fingerprint density at radius 3 is 2.43 bits per heavy atom. The summed E-state index contributed by atoms with van der Waals surface area (Å²) in [5, 5.41) is 9.81. The van der Waals surface area contributed by atoms with Gasteiger partial charge in [-0.3, -0.25) is 0 Å². The van der Waals surface area contributed by atoms with E-state index in [-0.39, 0.29) is 0 Å². The number of methoxy groups -OCH3 is 1. The molecule has 112 valence electrons. The zero-order valence-electron chi connectivity index (χ0n) is 12.8. The first kappa shape index (κ1) is 15.4. The van der Waals surface area contributed by atoms with E-state index in [1.807, 2.05) is 49.4 Å². The maximum atomic E-state index is 9.81. The lowest BCUT2D eigenvalue weighted by Gasteiger charge is -2.14. The lowest BCUT2D eigenvalue weighted by Crippen LogP contribution is -2.05. The van der Waals surface area contributed by atoms with Crippen molar-refractivity contribution in [3.05, 3.63) is 59.2 Å². The molecule has 0 aliphatic heterocycles. The van der Waals surface area contributed by atoms with E-state index in [1.165, 1.54) is 5.56 Å². The zero-order valence-corrected chi connectivity index (χ0v) is 12.8. The summed E-state index contributed by atoms with van der Waals surface area (Å²) in [4.78, 5) is 0. The fourth-order valence-electron chi connectivity index (χ4n) is 2.20. The molecule has 3 heteroatoms. The van der Waals surface area contributed by atoms with E-state index in [0.29, 0.717) is 6.61 Å². The molecule has 0 aromatic heterocycles. The van der Waals surface area contributed by atoms with Crippen LogP contribution < -0.4 is 9.47 Å². The van der Waals surface area contributed by atoms with Gasteiger partial charge in [-0.1, -0.05) is 23.8 Å². The van der Waals surface area contributed by atoms with Gasteiger partial charge in [0.15, 0.2) is 0 Å². The molecule has 0 fully saturated rings. The number of hydrogen-bond donors (Lipinski definition) is 1. The van der Waals surface area contributed by atoms with E-state index < -0.39 is 6.10 Å². The van der Waals surface area contributed by atoms with E-state index in [4.69, 9.17) is 9.47 Å². The van der Waals surface area contributed by atoms with Crippen LogP contribution in [0.2, 0.25) is 0 Å². The van der Waals surface area contributed by atoms with Crippen molar-refractivity contribution in [2.75, 3.05) is 13.7 Å². The lowest BCUT2D eigenvalue weighted by atomic mass is 10.1. The van der Waals surface area contributed by atoms with Gasteiger partial charge in [0.05, 0.1) is 19.8 Å². The maximum absolute atomic E-state index is 9.81. The second-order valence-electron chi connectivity index (χ2n) is 5.16. The summed E-state index contributed by atoms with van der Waals surface area (Å²) in [5.41, 5.74) is 3.15. The quantitative estimate of drug-likeness (QED) is 0.880. The number of aliphatic hydroxyl groups is 1. The van der Waals surface area contributed by atoms with Crippen molar-refractivity contribution in [1.29, 1.82) is 0 Å². The van der Waals surface area contributed by atoms with Crippen LogP contribution in [0.4, 0.5) is 0 Å². The van der Waals surface area contributed by atoms with Gasteiger partial charge in [-0.15, -0.1) is 0 Å². The molecule has 0 bridgehead atoms. The Bertz CT molecular complexity index is 574. The fraction of sp³-hybridized carbons (Fsp3) is 0.333. The standard InChI is InChI=1S/C18H22O3/c1-13-4-9-18(17(12-13)14(2)19)21-11-10-15-5-7-16(20-3)8-6-15/h4-9,12,14,19H,10-11H2,1-3H3. The molecule has 0 saturated heterocycles. The van der Waals surface area contributed by atoms with Crippen LogP contribution >= 0.6 is 0 Å². The summed E-state index contributed by atoms with van der Waals surface area (Å²) < 4.78 is 11.0. The highest BCUT2D eigenvalue weighted by atomic mass is 16.5. The molecule has 2 aromatic carbocycles. The van der Waals surface area contributed by atoms with E-state index in [0.717, 1.165) is 29.0 Å². The van der Waals surface area contributed by atoms with Crippen molar-refractivity contribution >= 4 is 0 Å². The summed E-state index contributed by atoms with van der Waals surface area (Å²) in [6.45, 7) is 4.34. The molecule has 0 saturated carbocycles. The summed E-state index contributed by atoms with van der Waals surface area (Å²) in [6.07, 6.45) is 0.290. The monoisotopic (exact) mass is 286 g/mol. The van der Waals surface area contributed by atoms with Gasteiger partial charge in [0.2, 0.25) is 0 Å². The molecule has 21 heavy (non-hydrogen) atoms. The summed E-state index contributed by atoms with van der Waals surface area (Å²) >= 11 is 0. The first-order chi connectivity index (χ1) is 10.1. The summed E-state index contributed by atoms with van der Waals surface area (Å²) in [6, 6.07) is 13.8. The van der Waals surface area contributed by atoms with Crippen molar-refractivity contribution in [3.63, 3.8) is 0 Å². The van der Waals surface area contributed by atoms with Gasteiger partial charge in [0.25, 0.3) is 0 Å². The van der Waals surface area contributed by atoms with Gasteiger partial charge in [-0.25, -0.2) is 0 Å². The van der Waals surface area contributed by atoms with E-state index in [1.54, 1.807) is 14.0 Å². The van der Waals surface area contributed by atoms with Crippen LogP contribution in [0.5, 0.6) is 11.5 Å². The minimum Gasteiger partial charge on any atom is -0.497 e. The molecule has 0 aliphatic carbocycles. The first-order valence-corrected chi connectivity index (χ1v) is 7.14. The molecule has 1 N–H and O–H groups in total. The van der Waals surface area contributed by atoms with Crippen LogP contribution in [0.15, 0.2) is 42.5 Å². The average molecular weight is 286 g/mol. The first-order valence-electron chi connectivity index (χ1n) is 7.14. The Morgan fingerprint density at radius 1 is 1.10 bits per heavy atom. The molecule has 2 aromatic rings. The van der Waals surface area contributed by atoms with Crippen molar-refractivity contribution in [1.82, 2.24) is 0 Å². The summed E-state index contributed by atoms with van der Waals surface area (Å²) in [7, 11) is 1.66. The molecule has 3 nitrogen and oxygen atoms in total. The van der Waals surface area contributed by atoms with Gasteiger partial charge in [-0.05, 0) is 43.7 Å². The molecule has 0 spiro atoms. The molecule has 0 heterocycles. The van der Waals surface area contributed by atoms with Crippen LogP contribution in [-0.4, -0.2) is 18.8 Å². The second kappa shape index (κ2) is 7.14. The Balaban J connectivity index is 1.96. The molecule has 2 rings (SSSR count). The van der Waals surface area contributed by atoms with Crippen LogP contribution in [0.3, 0.4) is 0 Å². The van der Waals surface area contributed by atoms with Crippen molar-refractivity contribution in [2.45, 2.75) is 26.4 Å². The number of hydrogen-bond acceptors (Lipinski definition) is 3. The van der Waals surface area contributed by atoms with Crippen LogP contribution in [0.25, 0.3) is 0 Å². The van der Waals surface area contributed by atoms with Crippen LogP contribution in [0, 0.1) is 6.92 Å². The zero-order chi connectivity index (χ0) is 15.2. The van der Waals surface area contributed by atoms with Gasteiger partial charge in [0.1, 0.15) is 11.5 Å². The summed E-state index contributed by atoms with van der Waals surface area (Å²) in [5.74, 6) is 1.61. The van der Waals surface area contributed by atoms with Crippen molar-refractivity contribution in [3.8, 4) is 11.5 Å². The highest BCUT2D eigenvalue weighted by molar-refractivity contribution is 5.38. The van der Waals surface area contributed by atoms with Crippen LogP contribution in [-0.2, 0) is 6.42 Å². The third-order valence-electron chi connectivity index (χ3n) is 3.42. The highest BCUT2D eigenvalue weighted by Crippen LogP contribution is 2.26. The Labute approximate surface area is 126 Å². The number of benzene rings is 2. The van der Waals surface area contributed by atoms with Gasteiger partial charge in [-0.2, -0.15) is 0 Å². The molecule has 0 amide bonds. The Morgan fingerprint density at radius 2 is 1.81 bits per heavy atom. The second-order valence-corrected chi connectivity index (χ2v) is 5.16. The molecule has 0 radical (unpaired) electrons. The van der Waals surface area contributed by atoms with Crippen LogP contribution in [0.1, 0.15) is 29.7 Å². The lowest BCUT2D eigenvalue weighted by molar-refractivity contribution is 0.191. The van der Waals surface area contributed by atoms with E-state index in [9.17, 15) is 5.11 Å². The molecule has 1 atom stereocenters. The van der Waals surface area contributed by atoms with E-state index >= 15 is 0 Å². The molecule has 0 aliphatic rings. The predicted molar refractivity (Wildman–Crippen MR) is 84.0 cm³/mol. The number of aryl methyl sites for hydroxylation is 1. The van der Waals surface area contributed by atoms with E-state index in [2.05, 4.69) is 0 Å². The molecule has 1 unspecified atom stereocenters. The number of rotatable bonds is 6.